The van der Waals surface area contributed by atoms with Crippen LogP contribution in [0.15, 0.2) is 36.4 Å². The first-order valence-electron chi connectivity index (χ1n) is 12.3. The zero-order chi connectivity index (χ0) is 26.6. The van der Waals surface area contributed by atoms with Crippen LogP contribution < -0.4 is 4.74 Å². The quantitative estimate of drug-likeness (QED) is 0.572. The van der Waals surface area contributed by atoms with Gasteiger partial charge in [-0.05, 0) is 37.3 Å². The van der Waals surface area contributed by atoms with Crippen molar-refractivity contribution in [1.82, 2.24) is 14.5 Å². The number of nitrogens with zero attached hydrogens (tertiary/aromatic N) is 3. The normalized spacial score (nSPS) is 22.1. The van der Waals surface area contributed by atoms with Crippen molar-refractivity contribution in [3.05, 3.63) is 58.9 Å². The molecular formula is C25H23F2N3O4. The van der Waals surface area contributed by atoms with E-state index in [2.05, 4.69) is 16.8 Å². The van der Waals surface area contributed by atoms with Crippen LogP contribution in [0.4, 0.5) is 8.78 Å². The first-order chi connectivity index (χ1) is 17.5. The van der Waals surface area contributed by atoms with Gasteiger partial charge in [-0.3, -0.25) is 4.79 Å². The summed E-state index contributed by atoms with van der Waals surface area (Å²) in [5.41, 5.74) is 1.85. The summed E-state index contributed by atoms with van der Waals surface area (Å²) in [7, 11) is 0. The van der Waals surface area contributed by atoms with E-state index in [-0.39, 0.29) is 29.7 Å². The first-order valence-corrected chi connectivity index (χ1v) is 10.8. The number of carbonyl (C=O) groups is 1. The van der Waals surface area contributed by atoms with Crippen LogP contribution in [0.2, 0.25) is 0 Å². The Morgan fingerprint density at radius 1 is 1.29 bits per heavy atom. The standard InChI is InChI=1S/C25H23F2N3O4/c1-13(31)20(32)7-3-5-14-9-10-16-17(11-14)30-18-12-19(23(30)28-16)29(2)24(33)15-6-4-8-21(22(15)18)34-25(26)27/h4,6,8-11,13,18-20,25,31-32H,7,12H2,1-2H3/t13?,18-,19-,20?/m1/s1/i2D3. The molecule has 0 aliphatic carbocycles. The van der Waals surface area contributed by atoms with Gasteiger partial charge in [-0.15, -0.1) is 0 Å². The molecule has 1 amide bonds. The summed E-state index contributed by atoms with van der Waals surface area (Å²) in [5.74, 6) is 5.08. The fourth-order valence-electron chi connectivity index (χ4n) is 4.61. The van der Waals surface area contributed by atoms with E-state index in [1.807, 2.05) is 0 Å². The highest BCUT2D eigenvalue weighted by molar-refractivity contribution is 5.97. The van der Waals surface area contributed by atoms with Crippen molar-refractivity contribution in [2.75, 3.05) is 6.98 Å². The van der Waals surface area contributed by atoms with Crippen LogP contribution in [-0.2, 0) is 0 Å². The zero-order valence-corrected chi connectivity index (χ0v) is 18.1. The molecule has 2 N–H and O–H groups in total. The van der Waals surface area contributed by atoms with Gasteiger partial charge in [-0.25, -0.2) is 4.98 Å². The number of aliphatic hydroxyl groups is 2. The number of rotatable bonds is 4. The van der Waals surface area contributed by atoms with E-state index in [0.717, 1.165) is 4.90 Å². The molecule has 0 saturated heterocycles. The predicted molar refractivity (Wildman–Crippen MR) is 120 cm³/mol. The Hall–Kier alpha value is -3.48. The van der Waals surface area contributed by atoms with Gasteiger partial charge in [0.1, 0.15) is 11.6 Å². The highest BCUT2D eigenvalue weighted by Gasteiger charge is 2.45. The molecule has 1 aromatic heterocycles. The summed E-state index contributed by atoms with van der Waals surface area (Å²) < 4.78 is 57.3. The second-order valence-electron chi connectivity index (χ2n) is 8.40. The molecule has 2 aromatic carbocycles. The summed E-state index contributed by atoms with van der Waals surface area (Å²) >= 11 is 0. The molecule has 2 aliphatic heterocycles. The average Bonchev–Trinajstić information content (AvgIpc) is 3.30. The van der Waals surface area contributed by atoms with Crippen LogP contribution in [0, 0.1) is 11.8 Å². The molecule has 34 heavy (non-hydrogen) atoms. The van der Waals surface area contributed by atoms with E-state index in [1.54, 1.807) is 22.8 Å². The minimum absolute atomic E-state index is 0.0164. The van der Waals surface area contributed by atoms with E-state index in [4.69, 9.17) is 8.85 Å². The van der Waals surface area contributed by atoms with Crippen LogP contribution >= 0.6 is 0 Å². The monoisotopic (exact) mass is 470 g/mol. The van der Waals surface area contributed by atoms with Crippen molar-refractivity contribution in [1.29, 1.82) is 0 Å². The fourth-order valence-corrected chi connectivity index (χ4v) is 4.61. The maximum Gasteiger partial charge on any atom is 0.387 e. The van der Waals surface area contributed by atoms with Gasteiger partial charge in [0, 0.05) is 40.6 Å². The number of benzene rings is 2. The number of imidazole rings is 1. The van der Waals surface area contributed by atoms with Crippen LogP contribution in [0.1, 0.15) is 63.3 Å². The molecule has 0 radical (unpaired) electrons. The molecule has 9 heteroatoms. The topological polar surface area (TPSA) is 87.8 Å². The molecule has 3 aromatic rings. The predicted octanol–water partition coefficient (Wildman–Crippen LogP) is 3.24. The van der Waals surface area contributed by atoms with Gasteiger partial charge in [0.05, 0.1) is 35.3 Å². The van der Waals surface area contributed by atoms with Gasteiger partial charge in [0.25, 0.3) is 5.91 Å². The number of carbonyl (C=O) groups excluding carboxylic acids is 1. The van der Waals surface area contributed by atoms with Gasteiger partial charge in [0.15, 0.2) is 0 Å². The Labute approximate surface area is 198 Å². The van der Waals surface area contributed by atoms with Crippen LogP contribution in [-0.4, -0.2) is 56.4 Å². The van der Waals surface area contributed by atoms with E-state index < -0.39 is 43.8 Å². The molecule has 7 nitrogen and oxygen atoms in total. The number of hydrogen-bond acceptors (Lipinski definition) is 5. The maximum absolute atomic E-state index is 13.4. The molecule has 0 spiro atoms. The lowest BCUT2D eigenvalue weighted by Gasteiger charge is -2.24. The van der Waals surface area contributed by atoms with E-state index in [9.17, 15) is 23.8 Å². The highest BCUT2D eigenvalue weighted by atomic mass is 19.3. The van der Waals surface area contributed by atoms with Crippen molar-refractivity contribution >= 4 is 16.9 Å². The molecule has 0 saturated carbocycles. The van der Waals surface area contributed by atoms with Crippen molar-refractivity contribution in [3.63, 3.8) is 0 Å². The molecular weight excluding hydrogens is 444 g/mol. The second-order valence-corrected chi connectivity index (χ2v) is 8.40. The molecule has 3 heterocycles. The Morgan fingerprint density at radius 2 is 2.12 bits per heavy atom. The fraction of sp³-hybridized carbons (Fsp3) is 0.360. The first kappa shape index (κ1) is 18.9. The van der Waals surface area contributed by atoms with Crippen molar-refractivity contribution < 1.29 is 32.6 Å². The number of fused-ring (bicyclic) bond motifs is 9. The third kappa shape index (κ3) is 3.59. The number of ether oxygens (including phenoxy) is 1. The molecule has 4 atom stereocenters. The minimum Gasteiger partial charge on any atom is -0.434 e. The van der Waals surface area contributed by atoms with Gasteiger partial charge in [-0.2, -0.15) is 8.78 Å². The summed E-state index contributed by atoms with van der Waals surface area (Å²) in [6.07, 6.45) is -1.74. The van der Waals surface area contributed by atoms with Crippen molar-refractivity contribution in [2.45, 2.75) is 50.7 Å². The highest BCUT2D eigenvalue weighted by Crippen LogP contribution is 2.49. The van der Waals surface area contributed by atoms with Gasteiger partial charge >= 0.3 is 6.61 Å². The van der Waals surface area contributed by atoms with E-state index >= 15 is 0 Å². The van der Waals surface area contributed by atoms with Gasteiger partial charge < -0.3 is 24.4 Å². The largest absolute Gasteiger partial charge is 0.434 e. The molecule has 2 bridgehead atoms. The molecule has 0 fully saturated rings. The van der Waals surface area contributed by atoms with Gasteiger partial charge in [-0.1, -0.05) is 17.9 Å². The average molecular weight is 470 g/mol. The summed E-state index contributed by atoms with van der Waals surface area (Å²) in [4.78, 5) is 18.9. The maximum atomic E-state index is 13.4. The number of amides is 1. The van der Waals surface area contributed by atoms with Crippen LogP contribution in [0.5, 0.6) is 5.75 Å². The Balaban J connectivity index is 1.69. The molecule has 176 valence electrons. The number of aromatic nitrogens is 2. The number of halogens is 2. The molecule has 2 aliphatic rings. The zero-order valence-electron chi connectivity index (χ0n) is 21.1. The van der Waals surface area contributed by atoms with Crippen LogP contribution in [0.3, 0.4) is 0 Å². The van der Waals surface area contributed by atoms with E-state index in [0.29, 0.717) is 22.4 Å². The minimum atomic E-state index is -3.14. The summed E-state index contributed by atoms with van der Waals surface area (Å²) in [6, 6.07) is 7.67. The number of alkyl halides is 2. The van der Waals surface area contributed by atoms with Gasteiger partial charge in [0.2, 0.25) is 0 Å². The second kappa shape index (κ2) is 8.38. The lowest BCUT2D eigenvalue weighted by molar-refractivity contribution is -0.0507. The Morgan fingerprint density at radius 3 is 2.85 bits per heavy atom. The summed E-state index contributed by atoms with van der Waals surface area (Å²) in [6.45, 7) is -4.48. The van der Waals surface area contributed by atoms with Crippen molar-refractivity contribution in [3.8, 4) is 17.6 Å². The van der Waals surface area contributed by atoms with Crippen LogP contribution in [0.25, 0.3) is 11.0 Å². The Kier molecular flexibility index (Phi) is 4.66. The van der Waals surface area contributed by atoms with E-state index in [1.165, 1.54) is 25.1 Å². The SMILES string of the molecule is [2H]C([2H])([2H])N1C(=O)c2cccc(OC(F)F)c2[C@H]2C[C@@H]1c1nc3ccc(C#CCC(O)C(C)O)cc3n12. The third-order valence-corrected chi connectivity index (χ3v) is 6.25. The summed E-state index contributed by atoms with van der Waals surface area (Å²) in [5, 5.41) is 19.2. The molecule has 5 rings (SSSR count). The Bertz CT molecular complexity index is 1440. The smallest absolute Gasteiger partial charge is 0.387 e. The lowest BCUT2D eigenvalue weighted by atomic mass is 9.97. The third-order valence-electron chi connectivity index (χ3n) is 6.25. The molecule has 2 unspecified atom stereocenters. The van der Waals surface area contributed by atoms with Crippen molar-refractivity contribution in [2.24, 2.45) is 0 Å². The number of aliphatic hydroxyl groups excluding tert-OH is 2. The number of hydrogen-bond donors (Lipinski definition) is 2. The lowest BCUT2D eigenvalue weighted by Crippen LogP contribution is -2.30.